The predicted octanol–water partition coefficient (Wildman–Crippen LogP) is 14.0. The molecule has 0 saturated heterocycles. The number of fused-ring (bicyclic) bond motifs is 5. The monoisotopic (exact) mass is 678 g/mol. The van der Waals surface area contributed by atoms with Crippen LogP contribution < -0.4 is 4.90 Å². The largest absolute Gasteiger partial charge is 0.451 e. The average Bonchev–Trinajstić information content (AvgIpc) is 3.78. The first-order valence-electron chi connectivity index (χ1n) is 18.0. The summed E-state index contributed by atoms with van der Waals surface area (Å²) in [5.74, 6) is 0. The average molecular weight is 679 g/mol. The zero-order valence-corrected chi connectivity index (χ0v) is 28.9. The molecule has 2 heterocycles. The molecule has 2 aromatic heterocycles. The number of nitrogens with zero attached hydrogens (tertiary/aromatic N) is 2. The Morgan fingerprint density at radius 2 is 0.868 bits per heavy atom. The molecule has 0 spiro atoms. The second-order valence-electron chi connectivity index (χ2n) is 13.4. The molecule has 3 nitrogen and oxygen atoms in total. The summed E-state index contributed by atoms with van der Waals surface area (Å²) >= 11 is 0. The fourth-order valence-corrected chi connectivity index (χ4v) is 7.67. The molecule has 0 aliphatic carbocycles. The third kappa shape index (κ3) is 5.38. The lowest BCUT2D eigenvalue weighted by atomic mass is 9.99. The van der Waals surface area contributed by atoms with Crippen LogP contribution in [0.4, 0.5) is 17.1 Å². The molecule has 0 fully saturated rings. The molecular weight excluding hydrogens is 645 g/mol. The Hall–Kier alpha value is -7.10. The minimum Gasteiger partial charge on any atom is -0.451 e. The van der Waals surface area contributed by atoms with Gasteiger partial charge in [0.05, 0.1) is 11.2 Å². The van der Waals surface area contributed by atoms with Crippen LogP contribution in [0.1, 0.15) is 0 Å². The highest BCUT2D eigenvalue weighted by atomic mass is 16.3. The summed E-state index contributed by atoms with van der Waals surface area (Å²) in [4.78, 5) is 2.33. The number of hydrogen-bond donors (Lipinski definition) is 0. The van der Waals surface area contributed by atoms with Crippen LogP contribution in [0.5, 0.6) is 0 Å². The molecule has 0 atom stereocenters. The summed E-state index contributed by atoms with van der Waals surface area (Å²) in [5.41, 5.74) is 15.2. The Morgan fingerprint density at radius 1 is 0.358 bits per heavy atom. The van der Waals surface area contributed by atoms with E-state index in [4.69, 9.17) is 4.42 Å². The van der Waals surface area contributed by atoms with Crippen molar-refractivity contribution in [2.75, 3.05) is 4.90 Å². The van der Waals surface area contributed by atoms with Crippen LogP contribution in [0, 0.1) is 0 Å². The number of furan rings is 1. The van der Waals surface area contributed by atoms with Crippen molar-refractivity contribution in [3.63, 3.8) is 0 Å². The topological polar surface area (TPSA) is 21.3 Å². The highest BCUT2D eigenvalue weighted by Crippen LogP contribution is 2.46. The molecule has 0 unspecified atom stereocenters. The Bertz CT molecular complexity index is 2850. The van der Waals surface area contributed by atoms with Gasteiger partial charge in [0.25, 0.3) is 0 Å². The first-order valence-corrected chi connectivity index (χ1v) is 18.0. The fourth-order valence-electron chi connectivity index (χ4n) is 7.67. The Balaban J connectivity index is 1.16. The quantitative estimate of drug-likeness (QED) is 0.167. The van der Waals surface area contributed by atoms with Gasteiger partial charge in [-0.2, -0.15) is 0 Å². The Labute approximate surface area is 308 Å². The van der Waals surface area contributed by atoms with Gasteiger partial charge in [-0.1, -0.05) is 146 Å². The van der Waals surface area contributed by atoms with Gasteiger partial charge in [0.2, 0.25) is 0 Å². The van der Waals surface area contributed by atoms with E-state index in [0.29, 0.717) is 0 Å². The third-order valence-electron chi connectivity index (χ3n) is 10.2. The number of aromatic nitrogens is 1. The standard InChI is InChI=1S/C50H34N2O/c1-4-14-35(15-5-1)37-26-28-39(29-27-37)40-18-12-21-43(34-40)51(42-32-30-38(31-33-42)36-16-6-2-7-17-36)47-25-13-23-45-48-50(53-49(45)47)44-22-10-11-24-46(44)52(48)41-19-8-3-9-20-41/h1-34H. The van der Waals surface area contributed by atoms with Crippen molar-refractivity contribution in [2.45, 2.75) is 0 Å². The smallest absolute Gasteiger partial charge is 0.161 e. The second kappa shape index (κ2) is 12.9. The van der Waals surface area contributed by atoms with E-state index in [9.17, 15) is 0 Å². The van der Waals surface area contributed by atoms with E-state index < -0.39 is 0 Å². The summed E-state index contributed by atoms with van der Waals surface area (Å²) in [7, 11) is 0. The molecule has 250 valence electrons. The Kier molecular flexibility index (Phi) is 7.47. The van der Waals surface area contributed by atoms with Crippen molar-refractivity contribution in [3.05, 3.63) is 206 Å². The molecule has 8 aromatic carbocycles. The molecule has 0 N–H and O–H groups in total. The minimum absolute atomic E-state index is 0.845. The van der Waals surface area contributed by atoms with E-state index in [-0.39, 0.29) is 0 Å². The Morgan fingerprint density at radius 3 is 1.55 bits per heavy atom. The summed E-state index contributed by atoms with van der Waals surface area (Å²) in [6.45, 7) is 0. The van der Waals surface area contributed by atoms with Crippen molar-refractivity contribution >= 4 is 50.0 Å². The van der Waals surface area contributed by atoms with E-state index in [1.165, 1.54) is 22.3 Å². The molecule has 0 saturated carbocycles. The van der Waals surface area contributed by atoms with Gasteiger partial charge in [-0.25, -0.2) is 0 Å². The summed E-state index contributed by atoms with van der Waals surface area (Å²) in [5, 5.41) is 2.16. The molecule has 53 heavy (non-hydrogen) atoms. The highest BCUT2D eigenvalue weighted by molar-refractivity contribution is 6.18. The molecule has 0 aliphatic heterocycles. The molecule has 0 bridgehead atoms. The summed E-state index contributed by atoms with van der Waals surface area (Å²) in [6, 6.07) is 73.1. The van der Waals surface area contributed by atoms with Crippen LogP contribution in [-0.4, -0.2) is 4.57 Å². The maximum absolute atomic E-state index is 7.02. The number of anilines is 3. The molecule has 0 aliphatic rings. The van der Waals surface area contributed by atoms with Gasteiger partial charge in [0.15, 0.2) is 11.2 Å². The van der Waals surface area contributed by atoms with E-state index >= 15 is 0 Å². The zero-order valence-electron chi connectivity index (χ0n) is 28.9. The van der Waals surface area contributed by atoms with Gasteiger partial charge in [0.1, 0.15) is 5.52 Å². The fraction of sp³-hybridized carbons (Fsp3) is 0. The molecule has 3 heteroatoms. The van der Waals surface area contributed by atoms with Gasteiger partial charge in [-0.3, -0.25) is 0 Å². The van der Waals surface area contributed by atoms with E-state index in [1.807, 2.05) is 0 Å². The van der Waals surface area contributed by atoms with Crippen LogP contribution >= 0.6 is 0 Å². The summed E-state index contributed by atoms with van der Waals surface area (Å²) in [6.07, 6.45) is 0. The minimum atomic E-state index is 0.845. The maximum Gasteiger partial charge on any atom is 0.161 e. The first-order chi connectivity index (χ1) is 26.3. The van der Waals surface area contributed by atoms with Crippen LogP contribution in [0.15, 0.2) is 211 Å². The van der Waals surface area contributed by atoms with Crippen molar-refractivity contribution in [1.29, 1.82) is 0 Å². The van der Waals surface area contributed by atoms with Crippen LogP contribution in [0.3, 0.4) is 0 Å². The normalized spacial score (nSPS) is 11.4. The third-order valence-corrected chi connectivity index (χ3v) is 10.2. The van der Waals surface area contributed by atoms with Crippen molar-refractivity contribution in [1.82, 2.24) is 4.57 Å². The van der Waals surface area contributed by atoms with Gasteiger partial charge in [-0.15, -0.1) is 0 Å². The zero-order chi connectivity index (χ0) is 35.1. The van der Waals surface area contributed by atoms with E-state index in [1.54, 1.807) is 0 Å². The van der Waals surface area contributed by atoms with Crippen LogP contribution in [-0.2, 0) is 0 Å². The SMILES string of the molecule is c1ccc(-c2ccc(-c3cccc(N(c4ccc(-c5ccccc5)cc4)c4cccc5c4oc4c6ccccc6n(-c6ccccc6)c54)c3)cc2)cc1. The molecular formula is C50H34N2O. The predicted molar refractivity (Wildman–Crippen MR) is 222 cm³/mol. The molecule has 0 radical (unpaired) electrons. The summed E-state index contributed by atoms with van der Waals surface area (Å²) < 4.78 is 9.36. The van der Waals surface area contributed by atoms with Gasteiger partial charge in [0, 0.05) is 27.8 Å². The number of benzene rings is 8. The lowest BCUT2D eigenvalue weighted by Gasteiger charge is -2.26. The van der Waals surface area contributed by atoms with Gasteiger partial charge in [-0.05, 0) is 94.0 Å². The van der Waals surface area contributed by atoms with E-state index in [2.05, 4.69) is 216 Å². The van der Waals surface area contributed by atoms with Crippen LogP contribution in [0.25, 0.3) is 72.0 Å². The molecule has 0 amide bonds. The number of rotatable bonds is 7. The molecule has 10 aromatic rings. The lowest BCUT2D eigenvalue weighted by Crippen LogP contribution is -2.10. The van der Waals surface area contributed by atoms with Gasteiger partial charge >= 0.3 is 0 Å². The number of para-hydroxylation sites is 3. The first kappa shape index (κ1) is 30.7. The van der Waals surface area contributed by atoms with Gasteiger partial charge < -0.3 is 13.9 Å². The lowest BCUT2D eigenvalue weighted by molar-refractivity contribution is 0.673. The van der Waals surface area contributed by atoms with Crippen molar-refractivity contribution in [2.24, 2.45) is 0 Å². The van der Waals surface area contributed by atoms with E-state index in [0.717, 1.165) is 66.8 Å². The maximum atomic E-state index is 7.02. The highest BCUT2D eigenvalue weighted by Gasteiger charge is 2.24. The van der Waals surface area contributed by atoms with Crippen molar-refractivity contribution < 1.29 is 4.42 Å². The van der Waals surface area contributed by atoms with Crippen molar-refractivity contribution in [3.8, 4) is 39.1 Å². The number of hydrogen-bond acceptors (Lipinski definition) is 2. The molecule has 10 rings (SSSR count). The second-order valence-corrected chi connectivity index (χ2v) is 13.4. The van der Waals surface area contributed by atoms with Crippen LogP contribution in [0.2, 0.25) is 0 Å².